The number of nitrogens with two attached hydrogens (primary N) is 1. The Bertz CT molecular complexity index is 821. The predicted molar refractivity (Wildman–Crippen MR) is 86.7 cm³/mol. The fourth-order valence-corrected chi connectivity index (χ4v) is 2.96. The molecule has 0 amide bonds. The maximum absolute atomic E-state index is 10.7. The van der Waals surface area contributed by atoms with E-state index in [1.54, 1.807) is 10.8 Å². The van der Waals surface area contributed by atoms with E-state index in [0.717, 1.165) is 0 Å². The zero-order chi connectivity index (χ0) is 17.5. The maximum Gasteiger partial charge on any atom is 0.167 e. The molecule has 1 aliphatic heterocycles. The third kappa shape index (κ3) is 2.42. The van der Waals surface area contributed by atoms with Crippen LogP contribution in [0.2, 0.25) is 0 Å². The van der Waals surface area contributed by atoms with Crippen molar-refractivity contribution in [3.05, 3.63) is 18.1 Å². The number of fused-ring (bicyclic) bond motifs is 1. The number of anilines is 1. The molecule has 8 heteroatoms. The number of ether oxygens (including phenoxy) is 1. The summed E-state index contributed by atoms with van der Waals surface area (Å²) in [5.74, 6) is 6.25. The summed E-state index contributed by atoms with van der Waals surface area (Å²) in [6.07, 6.45) is 0.571. The van der Waals surface area contributed by atoms with E-state index < -0.39 is 30.6 Å². The molecule has 0 aliphatic carbocycles. The van der Waals surface area contributed by atoms with Gasteiger partial charge in [0.15, 0.2) is 6.23 Å². The number of nitrogen functional groups attached to an aromatic ring is 1. The molecule has 128 valence electrons. The van der Waals surface area contributed by atoms with Gasteiger partial charge in [-0.15, -0.1) is 0 Å². The molecule has 3 heterocycles. The van der Waals surface area contributed by atoms with Gasteiger partial charge in [-0.1, -0.05) is 18.8 Å². The first-order valence-corrected chi connectivity index (χ1v) is 7.68. The average molecular weight is 332 g/mol. The van der Waals surface area contributed by atoms with E-state index in [1.807, 2.05) is 6.92 Å². The molecule has 2 aromatic rings. The number of aromatic nitrogens is 3. The molecule has 8 nitrogen and oxygen atoms in total. The lowest BCUT2D eigenvalue weighted by molar-refractivity contribution is -0.0948. The van der Waals surface area contributed by atoms with E-state index in [2.05, 4.69) is 21.8 Å². The van der Waals surface area contributed by atoms with Crippen molar-refractivity contribution in [2.24, 2.45) is 0 Å². The lowest BCUT2D eigenvalue weighted by Crippen LogP contribution is -2.44. The van der Waals surface area contributed by atoms with E-state index in [0.29, 0.717) is 23.0 Å². The quantitative estimate of drug-likeness (QED) is 0.560. The summed E-state index contributed by atoms with van der Waals surface area (Å²) >= 11 is 0. The topological polar surface area (TPSA) is 127 Å². The van der Waals surface area contributed by atoms with Gasteiger partial charge in [0.25, 0.3) is 0 Å². The van der Waals surface area contributed by atoms with Crippen LogP contribution in [0.25, 0.3) is 11.0 Å². The van der Waals surface area contributed by atoms with Gasteiger partial charge in [0.1, 0.15) is 35.6 Å². The van der Waals surface area contributed by atoms with Crippen LogP contribution >= 0.6 is 0 Å². The molecule has 0 aromatic carbocycles. The SMILES string of the molecule is CCC#Cc1cn(C2OC(CO)[C@@H](O)C2(C)O)c2ncnc(N)c12. The van der Waals surface area contributed by atoms with Gasteiger partial charge in [-0.3, -0.25) is 0 Å². The van der Waals surface area contributed by atoms with Crippen LogP contribution < -0.4 is 5.73 Å². The fourth-order valence-electron chi connectivity index (χ4n) is 2.96. The van der Waals surface area contributed by atoms with Gasteiger partial charge in [-0.25, -0.2) is 9.97 Å². The van der Waals surface area contributed by atoms with E-state index in [1.165, 1.54) is 13.3 Å². The Kier molecular flexibility index (Phi) is 4.19. The standard InChI is InChI=1S/C16H20N4O4/c1-3-4-5-9-6-20(14-11(9)13(17)18-8-19-14)15-16(2,23)12(22)10(7-21)24-15/h6,8,10,12,15,21-23H,3,7H2,1-2H3,(H2,17,18,19)/t10?,12-,15?,16?/m1/s1. The normalized spacial score (nSPS) is 29.6. The Hall–Kier alpha value is -2.18. The monoisotopic (exact) mass is 332 g/mol. The van der Waals surface area contributed by atoms with Crippen LogP contribution in [0.5, 0.6) is 0 Å². The predicted octanol–water partition coefficient (Wildman–Crippen LogP) is -0.223. The third-order valence-corrected chi connectivity index (χ3v) is 4.23. The van der Waals surface area contributed by atoms with Gasteiger partial charge >= 0.3 is 0 Å². The molecule has 0 bridgehead atoms. The summed E-state index contributed by atoms with van der Waals surface area (Å²) < 4.78 is 7.23. The van der Waals surface area contributed by atoms with E-state index in [-0.39, 0.29) is 5.82 Å². The zero-order valence-electron chi connectivity index (χ0n) is 13.5. The largest absolute Gasteiger partial charge is 0.394 e. The molecule has 3 rings (SSSR count). The molecule has 24 heavy (non-hydrogen) atoms. The van der Waals surface area contributed by atoms with Crippen LogP contribution in [0.4, 0.5) is 5.82 Å². The summed E-state index contributed by atoms with van der Waals surface area (Å²) in [7, 11) is 0. The summed E-state index contributed by atoms with van der Waals surface area (Å²) in [5, 5.41) is 30.8. The van der Waals surface area contributed by atoms with Gasteiger partial charge in [0.2, 0.25) is 0 Å². The first-order chi connectivity index (χ1) is 11.4. The van der Waals surface area contributed by atoms with Crippen LogP contribution in [0.1, 0.15) is 32.1 Å². The highest BCUT2D eigenvalue weighted by Crippen LogP contribution is 2.40. The second-order valence-electron chi connectivity index (χ2n) is 5.94. The molecule has 3 unspecified atom stereocenters. The van der Waals surface area contributed by atoms with Gasteiger partial charge in [0, 0.05) is 12.6 Å². The van der Waals surface area contributed by atoms with Gasteiger partial charge < -0.3 is 30.4 Å². The Morgan fingerprint density at radius 2 is 2.21 bits per heavy atom. The first kappa shape index (κ1) is 16.7. The molecule has 1 fully saturated rings. The molecule has 0 spiro atoms. The minimum atomic E-state index is -1.62. The van der Waals surface area contributed by atoms with E-state index >= 15 is 0 Å². The van der Waals surface area contributed by atoms with Gasteiger partial charge in [-0.05, 0) is 6.92 Å². The second-order valence-corrected chi connectivity index (χ2v) is 5.94. The highest BCUT2D eigenvalue weighted by atomic mass is 16.6. The third-order valence-electron chi connectivity index (χ3n) is 4.23. The molecule has 0 radical (unpaired) electrons. The molecule has 1 aliphatic rings. The van der Waals surface area contributed by atoms with Crippen LogP contribution in [0.15, 0.2) is 12.5 Å². The van der Waals surface area contributed by atoms with Crippen LogP contribution in [0, 0.1) is 11.8 Å². The average Bonchev–Trinajstić information content (AvgIpc) is 3.02. The number of aliphatic hydroxyl groups is 3. The Morgan fingerprint density at radius 3 is 2.83 bits per heavy atom. The van der Waals surface area contributed by atoms with Crippen molar-refractivity contribution in [1.82, 2.24) is 14.5 Å². The van der Waals surface area contributed by atoms with Crippen molar-refractivity contribution in [3.8, 4) is 11.8 Å². The number of hydrogen-bond acceptors (Lipinski definition) is 7. The number of nitrogens with zero attached hydrogens (tertiary/aromatic N) is 3. The number of rotatable bonds is 2. The van der Waals surface area contributed by atoms with Crippen molar-refractivity contribution in [2.45, 2.75) is 44.3 Å². The van der Waals surface area contributed by atoms with Crippen LogP contribution in [-0.2, 0) is 4.74 Å². The molecule has 2 aromatic heterocycles. The lowest BCUT2D eigenvalue weighted by Gasteiger charge is -2.27. The lowest BCUT2D eigenvalue weighted by atomic mass is 9.96. The summed E-state index contributed by atoms with van der Waals surface area (Å²) in [5.41, 5.74) is 5.41. The van der Waals surface area contributed by atoms with Crippen LogP contribution in [-0.4, -0.2) is 54.3 Å². The molecule has 5 N–H and O–H groups in total. The van der Waals surface area contributed by atoms with Gasteiger partial charge in [0.05, 0.1) is 17.6 Å². The van der Waals surface area contributed by atoms with Crippen molar-refractivity contribution in [3.63, 3.8) is 0 Å². The van der Waals surface area contributed by atoms with Crippen molar-refractivity contribution < 1.29 is 20.1 Å². The minimum absolute atomic E-state index is 0.274. The zero-order valence-corrected chi connectivity index (χ0v) is 13.5. The van der Waals surface area contributed by atoms with E-state index in [4.69, 9.17) is 10.5 Å². The highest BCUT2D eigenvalue weighted by Gasteiger charge is 2.53. The number of hydrogen-bond donors (Lipinski definition) is 4. The Balaban J connectivity index is 2.19. The Morgan fingerprint density at radius 1 is 1.46 bits per heavy atom. The van der Waals surface area contributed by atoms with E-state index in [9.17, 15) is 15.3 Å². The summed E-state index contributed by atoms with van der Waals surface area (Å²) in [6.45, 7) is 2.97. The molecule has 4 atom stereocenters. The maximum atomic E-state index is 10.7. The van der Waals surface area contributed by atoms with Crippen LogP contribution in [0.3, 0.4) is 0 Å². The minimum Gasteiger partial charge on any atom is -0.394 e. The molecular formula is C16H20N4O4. The smallest absolute Gasteiger partial charge is 0.167 e. The van der Waals surface area contributed by atoms with Crippen molar-refractivity contribution in [1.29, 1.82) is 0 Å². The molecular weight excluding hydrogens is 312 g/mol. The first-order valence-electron chi connectivity index (χ1n) is 7.68. The highest BCUT2D eigenvalue weighted by molar-refractivity contribution is 5.92. The second kappa shape index (κ2) is 6.03. The number of aliphatic hydroxyl groups excluding tert-OH is 2. The molecule has 0 saturated carbocycles. The Labute approximate surface area is 138 Å². The molecule has 1 saturated heterocycles. The summed E-state index contributed by atoms with van der Waals surface area (Å²) in [6, 6.07) is 0. The van der Waals surface area contributed by atoms with Crippen molar-refractivity contribution >= 4 is 16.9 Å². The van der Waals surface area contributed by atoms with Gasteiger partial charge in [-0.2, -0.15) is 0 Å². The summed E-state index contributed by atoms with van der Waals surface area (Å²) in [4.78, 5) is 8.22. The van der Waals surface area contributed by atoms with Crippen molar-refractivity contribution in [2.75, 3.05) is 12.3 Å². The fraction of sp³-hybridized carbons (Fsp3) is 0.500.